The summed E-state index contributed by atoms with van der Waals surface area (Å²) >= 11 is 0. The van der Waals surface area contributed by atoms with Gasteiger partial charge in [0.25, 0.3) is 5.91 Å². The molecule has 0 saturated carbocycles. The second-order valence-corrected chi connectivity index (χ2v) is 18.6. The Morgan fingerprint density at radius 1 is 0.968 bits per heavy atom. The normalized spacial score (nSPS) is 25.9. The van der Waals surface area contributed by atoms with Gasteiger partial charge in [0.1, 0.15) is 18.4 Å². The number of carbonyl (C=O) groups excluding carboxylic acids is 4. The molecule has 7 aliphatic rings. The number of anilines is 2. The Morgan fingerprint density at radius 3 is 2.51 bits per heavy atom. The first-order chi connectivity index (χ1) is 30.3. The van der Waals surface area contributed by atoms with E-state index in [2.05, 4.69) is 25.0 Å². The lowest BCUT2D eigenvalue weighted by Crippen LogP contribution is -2.64. The second-order valence-electron chi connectivity index (χ2n) is 18.6. The molecule has 0 radical (unpaired) electrons. The number of likely N-dealkylation sites (tertiary alicyclic amines) is 1. The van der Waals surface area contributed by atoms with E-state index in [9.17, 15) is 32.3 Å². The van der Waals surface area contributed by atoms with Crippen molar-refractivity contribution in [1.29, 1.82) is 0 Å². The number of aromatic nitrogens is 3. The maximum absolute atomic E-state index is 13.9. The number of halogens is 3. The Balaban J connectivity index is 0.685. The van der Waals surface area contributed by atoms with Gasteiger partial charge in [0.15, 0.2) is 0 Å². The summed E-state index contributed by atoms with van der Waals surface area (Å²) in [5, 5.41) is 3.39. The zero-order chi connectivity index (χ0) is 43.4. The third-order valence-corrected chi connectivity index (χ3v) is 14.6. The molecule has 7 aliphatic heterocycles. The average Bonchev–Trinajstić information content (AvgIpc) is 3.79. The molecule has 18 heteroatoms. The van der Waals surface area contributed by atoms with E-state index in [4.69, 9.17) is 14.7 Å². The smallest absolute Gasteiger partial charge is 0.401 e. The number of piperazine rings is 1. The van der Waals surface area contributed by atoms with Crippen molar-refractivity contribution in [2.75, 3.05) is 75.3 Å². The van der Waals surface area contributed by atoms with Gasteiger partial charge in [-0.2, -0.15) is 13.2 Å². The molecule has 11 rings (SSSR count). The van der Waals surface area contributed by atoms with Crippen LogP contribution in [0.5, 0.6) is 5.75 Å². The number of rotatable bonds is 6. The van der Waals surface area contributed by atoms with Gasteiger partial charge in [-0.1, -0.05) is 18.2 Å². The zero-order valence-electron chi connectivity index (χ0n) is 35.0. The molecule has 2 N–H and O–H groups in total. The number of H-pyrrole nitrogens is 1. The van der Waals surface area contributed by atoms with Crippen LogP contribution in [0.25, 0.3) is 10.9 Å². The van der Waals surface area contributed by atoms with Crippen LogP contribution in [0.3, 0.4) is 0 Å². The third-order valence-electron chi connectivity index (χ3n) is 14.6. The molecule has 15 nitrogen and oxygen atoms in total. The quantitative estimate of drug-likeness (QED) is 0.274. The standard InChI is InChI=1S/C45H49F3N10O5/c1-26-16-31-29-4-2-3-5-33(29)51-38(31)39(58(26)25-45(46,47)48)27-17-49-43(50-18-27)54-12-10-44(11-13-54)23-53(24-44)21-37(60)55-14-15-56-28(19-55)22-63-40-32-20-57(35-8-9-36(59)52-41(35)61)42(62)30(32)6-7-34(40)56/h2-7,17-18,26,28,35,39,51H,8-16,19-25H2,1H3,(H,52,59,61)/t26-,28-,35?,39-/m1/s1. The minimum atomic E-state index is -4.36. The van der Waals surface area contributed by atoms with Gasteiger partial charge in [-0.25, -0.2) is 9.97 Å². The molecule has 1 unspecified atom stereocenters. The molecule has 4 atom stereocenters. The van der Waals surface area contributed by atoms with Gasteiger partial charge < -0.3 is 29.3 Å². The highest BCUT2D eigenvalue weighted by Crippen LogP contribution is 2.46. The van der Waals surface area contributed by atoms with Crippen LogP contribution in [-0.4, -0.2) is 148 Å². The topological polar surface area (TPSA) is 151 Å². The lowest BCUT2D eigenvalue weighted by atomic mass is 9.72. The fourth-order valence-electron chi connectivity index (χ4n) is 11.5. The van der Waals surface area contributed by atoms with Gasteiger partial charge in [0.2, 0.25) is 23.7 Å². The number of para-hydroxylation sites is 1. The molecule has 4 amide bonds. The highest BCUT2D eigenvalue weighted by Gasteiger charge is 2.48. The fraction of sp³-hybridized carbons (Fsp3) is 0.511. The van der Waals surface area contributed by atoms with Crippen LogP contribution < -0.4 is 19.9 Å². The second kappa shape index (κ2) is 14.9. The number of hydrogen-bond acceptors (Lipinski definition) is 11. The van der Waals surface area contributed by atoms with Crippen LogP contribution in [0, 0.1) is 5.41 Å². The van der Waals surface area contributed by atoms with E-state index in [1.165, 1.54) is 9.80 Å². The number of fused-ring (bicyclic) bond motifs is 8. The predicted molar refractivity (Wildman–Crippen MR) is 224 cm³/mol. The number of piperidine rings is 2. The fourth-order valence-corrected chi connectivity index (χ4v) is 11.5. The van der Waals surface area contributed by atoms with Gasteiger partial charge >= 0.3 is 6.18 Å². The number of nitrogens with zero attached hydrogens (tertiary/aromatic N) is 8. The summed E-state index contributed by atoms with van der Waals surface area (Å²) in [4.78, 5) is 75.8. The summed E-state index contributed by atoms with van der Waals surface area (Å²) < 4.78 is 48.1. The van der Waals surface area contributed by atoms with Gasteiger partial charge in [0, 0.05) is 104 Å². The number of carbonyl (C=O) groups is 4. The van der Waals surface area contributed by atoms with Crippen LogP contribution in [0.15, 0.2) is 48.8 Å². The Morgan fingerprint density at radius 2 is 1.75 bits per heavy atom. The summed E-state index contributed by atoms with van der Waals surface area (Å²) in [6, 6.07) is 9.83. The van der Waals surface area contributed by atoms with E-state index in [0.717, 1.165) is 72.4 Å². The first kappa shape index (κ1) is 40.1. The lowest BCUT2D eigenvalue weighted by molar-refractivity contribution is -0.155. The van der Waals surface area contributed by atoms with Crippen LogP contribution in [0.2, 0.25) is 0 Å². The highest BCUT2D eigenvalue weighted by molar-refractivity contribution is 6.06. The van der Waals surface area contributed by atoms with Crippen molar-refractivity contribution in [3.63, 3.8) is 0 Å². The molecule has 330 valence electrons. The van der Waals surface area contributed by atoms with Crippen LogP contribution in [0.4, 0.5) is 24.8 Å². The van der Waals surface area contributed by atoms with E-state index in [0.29, 0.717) is 68.5 Å². The monoisotopic (exact) mass is 866 g/mol. The van der Waals surface area contributed by atoms with Gasteiger partial charge in [-0.15, -0.1) is 0 Å². The molecule has 1 spiro atoms. The molecule has 0 bridgehead atoms. The molecule has 4 saturated heterocycles. The van der Waals surface area contributed by atoms with E-state index in [1.807, 2.05) is 42.2 Å². The number of hydrogen-bond donors (Lipinski definition) is 2. The van der Waals surface area contributed by atoms with Crippen molar-refractivity contribution in [2.45, 2.75) is 75.9 Å². The SMILES string of the molecule is C[C@@H]1Cc2c([nH]c3ccccc23)[C@@H](c2cnc(N3CCC4(CC3)CN(CC(=O)N3CCN5c6ccc7c(c6OC[C@H]5C3)CN(C3CCC(=O)NC3=O)C7=O)C4)nc2)N1CC(F)(F)F. The maximum atomic E-state index is 13.9. The van der Waals surface area contributed by atoms with Gasteiger partial charge in [0.05, 0.1) is 37.4 Å². The van der Waals surface area contributed by atoms with Crippen molar-refractivity contribution in [1.82, 2.24) is 39.9 Å². The molecule has 2 aromatic heterocycles. The van der Waals surface area contributed by atoms with E-state index < -0.39 is 30.7 Å². The minimum absolute atomic E-state index is 0.0314. The number of alkyl halides is 3. The summed E-state index contributed by atoms with van der Waals surface area (Å²) in [6.45, 7) is 6.73. The Kier molecular flexibility index (Phi) is 9.49. The van der Waals surface area contributed by atoms with E-state index in [-0.39, 0.29) is 48.2 Å². The Hall–Kier alpha value is -5.75. The zero-order valence-corrected chi connectivity index (χ0v) is 35.0. The number of nitrogens with one attached hydrogen (secondary N) is 2. The van der Waals surface area contributed by atoms with Crippen LogP contribution in [0.1, 0.15) is 71.4 Å². The number of imide groups is 1. The number of ether oxygens (including phenoxy) is 1. The maximum Gasteiger partial charge on any atom is 0.401 e. The largest absolute Gasteiger partial charge is 0.489 e. The van der Waals surface area contributed by atoms with Gasteiger partial charge in [-0.05, 0) is 61.8 Å². The lowest BCUT2D eigenvalue weighted by Gasteiger charge is -2.54. The number of aromatic amines is 1. The molecule has 9 heterocycles. The first-order valence-corrected chi connectivity index (χ1v) is 22.0. The number of benzene rings is 2. The summed E-state index contributed by atoms with van der Waals surface area (Å²) in [6.07, 6.45) is 1.88. The Labute approximate surface area is 361 Å². The first-order valence-electron chi connectivity index (χ1n) is 22.0. The molecule has 4 fully saturated rings. The van der Waals surface area contributed by atoms with Crippen molar-refractivity contribution >= 4 is 46.2 Å². The molecular weight excluding hydrogens is 818 g/mol. The summed E-state index contributed by atoms with van der Waals surface area (Å²) in [5.41, 5.74) is 5.63. The summed E-state index contributed by atoms with van der Waals surface area (Å²) in [5.74, 6) is 0.320. The number of amides is 4. The Bertz CT molecular complexity index is 2510. The molecule has 4 aromatic rings. The average molecular weight is 867 g/mol. The highest BCUT2D eigenvalue weighted by atomic mass is 19.4. The molecular formula is C45H49F3N10O5. The minimum Gasteiger partial charge on any atom is -0.489 e. The molecule has 0 aliphatic carbocycles. The third kappa shape index (κ3) is 6.96. The van der Waals surface area contributed by atoms with Crippen molar-refractivity contribution in [3.05, 3.63) is 76.7 Å². The van der Waals surface area contributed by atoms with Crippen LogP contribution >= 0.6 is 0 Å². The van der Waals surface area contributed by atoms with Crippen molar-refractivity contribution in [3.8, 4) is 5.75 Å². The van der Waals surface area contributed by atoms with Crippen molar-refractivity contribution in [2.24, 2.45) is 5.41 Å². The molecule has 63 heavy (non-hydrogen) atoms. The summed E-state index contributed by atoms with van der Waals surface area (Å²) in [7, 11) is 0. The van der Waals surface area contributed by atoms with Crippen molar-refractivity contribution < 1.29 is 37.1 Å². The van der Waals surface area contributed by atoms with Crippen LogP contribution in [-0.2, 0) is 27.3 Å². The van der Waals surface area contributed by atoms with E-state index >= 15 is 0 Å². The van der Waals surface area contributed by atoms with Gasteiger partial charge in [-0.3, -0.25) is 34.3 Å². The van der Waals surface area contributed by atoms with E-state index in [1.54, 1.807) is 18.5 Å². The molecule has 2 aromatic carbocycles. The predicted octanol–water partition coefficient (Wildman–Crippen LogP) is 3.63.